The molecular weight excluding hydrogens is 244 g/mol. The van der Waals surface area contributed by atoms with Crippen LogP contribution in [0.4, 0.5) is 0 Å². The van der Waals surface area contributed by atoms with Gasteiger partial charge in [0.25, 0.3) is 0 Å². The van der Waals surface area contributed by atoms with Gasteiger partial charge >= 0.3 is 5.97 Å². The van der Waals surface area contributed by atoms with Gasteiger partial charge in [-0.2, -0.15) is 0 Å². The van der Waals surface area contributed by atoms with Crippen LogP contribution in [-0.2, 0) is 0 Å². The summed E-state index contributed by atoms with van der Waals surface area (Å²) >= 11 is 0. The molecule has 0 aliphatic rings. The van der Waals surface area contributed by atoms with Crippen molar-refractivity contribution in [2.45, 2.75) is 13.0 Å². The Hall–Kier alpha value is -1.59. The molecule has 5 heteroatoms. The average Bonchev–Trinajstić information content (AvgIpc) is 2.38. The lowest BCUT2D eigenvalue weighted by molar-refractivity contribution is 0.0692. The molecule has 0 aromatic heterocycles. The maximum absolute atomic E-state index is 11.0. The largest absolute Gasteiger partial charge is 0.491 e. The second-order valence-corrected chi connectivity index (χ2v) is 4.67. The van der Waals surface area contributed by atoms with Crippen molar-refractivity contribution in [3.05, 3.63) is 29.8 Å². The molecule has 1 aromatic rings. The van der Waals surface area contributed by atoms with Crippen LogP contribution in [0, 0.1) is 0 Å². The fourth-order valence-electron chi connectivity index (χ4n) is 1.50. The van der Waals surface area contributed by atoms with Crippen LogP contribution < -0.4 is 10.1 Å². The Morgan fingerprint density at radius 3 is 2.74 bits per heavy atom. The molecule has 5 nitrogen and oxygen atoms in total. The number of aromatic carboxylic acids is 1. The molecule has 0 aliphatic carbocycles. The first kappa shape index (κ1) is 15.5. The summed E-state index contributed by atoms with van der Waals surface area (Å²) in [6.07, 6.45) is 0. The molecule has 0 fully saturated rings. The summed E-state index contributed by atoms with van der Waals surface area (Å²) in [5.74, 6) is -0.553. The van der Waals surface area contributed by atoms with Gasteiger partial charge in [-0.05, 0) is 33.2 Å². The zero-order valence-electron chi connectivity index (χ0n) is 11.7. The lowest BCUT2D eigenvalue weighted by atomic mass is 10.2. The van der Waals surface area contributed by atoms with E-state index in [4.69, 9.17) is 9.84 Å². The number of nitrogens with one attached hydrogen (secondary N) is 1. The van der Waals surface area contributed by atoms with E-state index in [0.29, 0.717) is 24.9 Å². The van der Waals surface area contributed by atoms with E-state index in [1.165, 1.54) is 0 Å². The summed E-state index contributed by atoms with van der Waals surface area (Å²) in [6, 6.07) is 7.12. The summed E-state index contributed by atoms with van der Waals surface area (Å²) in [5, 5.41) is 12.3. The van der Waals surface area contributed by atoms with Crippen molar-refractivity contribution in [1.29, 1.82) is 0 Å². The van der Waals surface area contributed by atoms with E-state index in [0.717, 1.165) is 6.54 Å². The van der Waals surface area contributed by atoms with Gasteiger partial charge in [0, 0.05) is 19.1 Å². The molecule has 0 spiro atoms. The number of hydrogen-bond donors (Lipinski definition) is 2. The Morgan fingerprint density at radius 1 is 1.42 bits per heavy atom. The van der Waals surface area contributed by atoms with E-state index in [2.05, 4.69) is 17.1 Å². The van der Waals surface area contributed by atoms with Crippen molar-refractivity contribution < 1.29 is 14.6 Å². The Labute approximate surface area is 114 Å². The third kappa shape index (κ3) is 5.28. The van der Waals surface area contributed by atoms with Gasteiger partial charge in [0.2, 0.25) is 0 Å². The zero-order chi connectivity index (χ0) is 14.3. The topological polar surface area (TPSA) is 61.8 Å². The van der Waals surface area contributed by atoms with E-state index in [-0.39, 0.29) is 5.56 Å². The minimum absolute atomic E-state index is 0.198. The maximum Gasteiger partial charge on any atom is 0.339 e. The van der Waals surface area contributed by atoms with Crippen molar-refractivity contribution in [3.63, 3.8) is 0 Å². The molecule has 2 N–H and O–H groups in total. The van der Waals surface area contributed by atoms with Gasteiger partial charge in [0.05, 0.1) is 0 Å². The Balaban J connectivity index is 2.32. The number of benzene rings is 1. The Kier molecular flexibility index (Phi) is 6.32. The van der Waals surface area contributed by atoms with E-state index in [1.807, 2.05) is 14.1 Å². The van der Waals surface area contributed by atoms with Gasteiger partial charge in [-0.15, -0.1) is 0 Å². The summed E-state index contributed by atoms with van der Waals surface area (Å²) in [6.45, 7) is 4.14. The Morgan fingerprint density at radius 2 is 2.11 bits per heavy atom. The highest BCUT2D eigenvalue weighted by molar-refractivity contribution is 5.90. The first-order chi connectivity index (χ1) is 9.02. The average molecular weight is 266 g/mol. The van der Waals surface area contributed by atoms with Crippen LogP contribution in [0.2, 0.25) is 0 Å². The smallest absolute Gasteiger partial charge is 0.339 e. The molecule has 0 amide bonds. The maximum atomic E-state index is 11.0. The van der Waals surface area contributed by atoms with Gasteiger partial charge in [0.15, 0.2) is 0 Å². The fourth-order valence-corrected chi connectivity index (χ4v) is 1.50. The number of nitrogens with zero attached hydrogens (tertiary/aromatic N) is 1. The van der Waals surface area contributed by atoms with Crippen LogP contribution in [0.5, 0.6) is 5.75 Å². The predicted molar refractivity (Wildman–Crippen MR) is 74.9 cm³/mol. The van der Waals surface area contributed by atoms with Gasteiger partial charge in [-0.1, -0.05) is 12.1 Å². The summed E-state index contributed by atoms with van der Waals surface area (Å²) < 4.78 is 5.48. The molecule has 0 heterocycles. The molecule has 0 radical (unpaired) electrons. The highest BCUT2D eigenvalue weighted by Crippen LogP contribution is 2.17. The normalized spacial score (nSPS) is 12.4. The molecule has 1 unspecified atom stereocenters. The molecule has 1 rings (SSSR count). The number of carbonyl (C=O) groups is 1. The van der Waals surface area contributed by atoms with Gasteiger partial charge in [-0.25, -0.2) is 4.79 Å². The standard InChI is InChI=1S/C14H22N2O3/c1-11(16(2)3)10-15-8-9-19-13-7-5-4-6-12(13)14(17)18/h4-7,11,15H,8-10H2,1-3H3,(H,17,18). The quantitative estimate of drug-likeness (QED) is 0.695. The number of hydrogen-bond acceptors (Lipinski definition) is 4. The van der Waals surface area contributed by atoms with Crippen molar-refractivity contribution >= 4 is 5.97 Å². The lowest BCUT2D eigenvalue weighted by Gasteiger charge is -2.20. The third-order valence-electron chi connectivity index (χ3n) is 2.98. The van der Waals surface area contributed by atoms with E-state index >= 15 is 0 Å². The number of likely N-dealkylation sites (N-methyl/N-ethyl adjacent to an activating group) is 1. The minimum Gasteiger partial charge on any atom is -0.491 e. The van der Waals surface area contributed by atoms with Gasteiger partial charge < -0.3 is 20.1 Å². The SMILES string of the molecule is CC(CNCCOc1ccccc1C(=O)O)N(C)C. The van der Waals surface area contributed by atoms with E-state index < -0.39 is 5.97 Å². The molecule has 1 aromatic carbocycles. The molecule has 0 saturated heterocycles. The van der Waals surface area contributed by atoms with E-state index in [9.17, 15) is 4.79 Å². The highest BCUT2D eigenvalue weighted by Gasteiger charge is 2.09. The zero-order valence-corrected chi connectivity index (χ0v) is 11.7. The van der Waals surface area contributed by atoms with Crippen LogP contribution in [-0.4, -0.2) is 55.8 Å². The first-order valence-corrected chi connectivity index (χ1v) is 6.34. The fraction of sp³-hybridized carbons (Fsp3) is 0.500. The van der Waals surface area contributed by atoms with Crippen LogP contribution in [0.1, 0.15) is 17.3 Å². The minimum atomic E-state index is -0.968. The Bertz CT molecular complexity index is 407. The molecule has 1 atom stereocenters. The first-order valence-electron chi connectivity index (χ1n) is 6.34. The summed E-state index contributed by atoms with van der Waals surface area (Å²) in [5.41, 5.74) is 0.198. The number of para-hydroxylation sites is 1. The van der Waals surface area contributed by atoms with Crippen LogP contribution in [0.3, 0.4) is 0 Å². The number of rotatable bonds is 8. The number of ether oxygens (including phenoxy) is 1. The van der Waals surface area contributed by atoms with Crippen molar-refractivity contribution in [2.75, 3.05) is 33.8 Å². The van der Waals surface area contributed by atoms with Crippen LogP contribution in [0.25, 0.3) is 0 Å². The molecule has 0 bridgehead atoms. The molecule has 0 saturated carbocycles. The number of carboxylic acids is 1. The highest BCUT2D eigenvalue weighted by atomic mass is 16.5. The molecule has 106 valence electrons. The van der Waals surface area contributed by atoms with Crippen molar-refractivity contribution in [3.8, 4) is 5.75 Å². The molecule has 19 heavy (non-hydrogen) atoms. The lowest BCUT2D eigenvalue weighted by Crippen LogP contribution is -2.36. The van der Waals surface area contributed by atoms with Crippen molar-refractivity contribution in [1.82, 2.24) is 10.2 Å². The molecular formula is C14H22N2O3. The van der Waals surface area contributed by atoms with Gasteiger partial charge in [-0.3, -0.25) is 0 Å². The van der Waals surface area contributed by atoms with Crippen LogP contribution in [0.15, 0.2) is 24.3 Å². The predicted octanol–water partition coefficient (Wildman–Crippen LogP) is 1.30. The van der Waals surface area contributed by atoms with E-state index in [1.54, 1.807) is 24.3 Å². The van der Waals surface area contributed by atoms with Gasteiger partial charge in [0.1, 0.15) is 17.9 Å². The molecule has 0 aliphatic heterocycles. The second-order valence-electron chi connectivity index (χ2n) is 4.67. The van der Waals surface area contributed by atoms with Crippen LogP contribution >= 0.6 is 0 Å². The summed E-state index contributed by atoms with van der Waals surface area (Å²) in [4.78, 5) is 13.1. The summed E-state index contributed by atoms with van der Waals surface area (Å²) in [7, 11) is 4.07. The monoisotopic (exact) mass is 266 g/mol. The third-order valence-corrected chi connectivity index (χ3v) is 2.98. The number of carboxylic acid groups (broad SMARTS) is 1. The van der Waals surface area contributed by atoms with Crippen molar-refractivity contribution in [2.24, 2.45) is 0 Å². The second kappa shape index (κ2) is 7.76.